The van der Waals surface area contributed by atoms with Gasteiger partial charge in [0.15, 0.2) is 5.78 Å². The molecule has 0 amide bonds. The lowest BCUT2D eigenvalue weighted by Crippen LogP contribution is -2.05. The normalized spacial score (nSPS) is 11.3. The fourth-order valence-corrected chi connectivity index (χ4v) is 4.18. The van der Waals surface area contributed by atoms with Crippen LogP contribution in [0.2, 0.25) is 0 Å². The number of Topliss-reactive ketones (excluding diaryl/α,β-unsaturated/α-hetero) is 1. The van der Waals surface area contributed by atoms with Crippen LogP contribution >= 0.6 is 11.8 Å². The molecular formula is C24H24N4O2S. The molecule has 0 aliphatic heterocycles. The molecule has 0 bridgehead atoms. The molecule has 0 spiro atoms. The number of carbonyl (C=O) groups excluding carboxylic acids is 1. The first kappa shape index (κ1) is 21.1. The fourth-order valence-electron chi connectivity index (χ4n) is 3.53. The lowest BCUT2D eigenvalue weighted by Gasteiger charge is -2.12. The predicted octanol–water partition coefficient (Wildman–Crippen LogP) is 5.64. The van der Waals surface area contributed by atoms with E-state index in [0.717, 1.165) is 22.6 Å². The molecule has 31 heavy (non-hydrogen) atoms. The number of rotatable bonds is 7. The van der Waals surface area contributed by atoms with Crippen LogP contribution in [0.3, 0.4) is 0 Å². The largest absolute Gasteiger partial charge is 0.411 e. The highest BCUT2D eigenvalue weighted by Gasteiger charge is 2.18. The number of nitrogens with zero attached hydrogens (tertiary/aromatic N) is 4. The number of hydrogen-bond acceptors (Lipinski definition) is 6. The minimum absolute atomic E-state index is 0.0341. The summed E-state index contributed by atoms with van der Waals surface area (Å²) in [7, 11) is 0. The van der Waals surface area contributed by atoms with E-state index in [4.69, 9.17) is 4.42 Å². The van der Waals surface area contributed by atoms with E-state index in [1.165, 1.54) is 17.3 Å². The summed E-state index contributed by atoms with van der Waals surface area (Å²) in [5.74, 6) is 1.17. The molecule has 0 unspecified atom stereocenters. The Hall–Kier alpha value is -3.19. The van der Waals surface area contributed by atoms with Crippen molar-refractivity contribution in [2.75, 3.05) is 5.75 Å². The van der Waals surface area contributed by atoms with Crippen LogP contribution in [0.1, 0.15) is 47.1 Å². The van der Waals surface area contributed by atoms with Gasteiger partial charge in [-0.1, -0.05) is 37.7 Å². The van der Waals surface area contributed by atoms with Gasteiger partial charge in [-0.3, -0.25) is 9.78 Å². The number of ketones is 1. The Balaban J connectivity index is 1.48. The van der Waals surface area contributed by atoms with E-state index >= 15 is 0 Å². The Bertz CT molecular complexity index is 1190. The van der Waals surface area contributed by atoms with Crippen molar-refractivity contribution in [1.82, 2.24) is 19.7 Å². The van der Waals surface area contributed by atoms with Crippen LogP contribution < -0.4 is 0 Å². The number of aromatic nitrogens is 4. The summed E-state index contributed by atoms with van der Waals surface area (Å²) >= 11 is 1.25. The van der Waals surface area contributed by atoms with Crippen molar-refractivity contribution in [3.63, 3.8) is 0 Å². The highest BCUT2D eigenvalue weighted by molar-refractivity contribution is 7.99. The molecule has 0 fully saturated rings. The molecule has 6 nitrogen and oxygen atoms in total. The quantitative estimate of drug-likeness (QED) is 0.278. The molecule has 0 saturated carbocycles. The molecular weight excluding hydrogens is 408 g/mol. The summed E-state index contributed by atoms with van der Waals surface area (Å²) < 4.78 is 7.79. The molecule has 1 aromatic carbocycles. The van der Waals surface area contributed by atoms with Crippen molar-refractivity contribution < 1.29 is 9.21 Å². The van der Waals surface area contributed by atoms with Crippen LogP contribution in [0, 0.1) is 13.8 Å². The van der Waals surface area contributed by atoms with Crippen molar-refractivity contribution >= 4 is 17.5 Å². The first-order valence-corrected chi connectivity index (χ1v) is 11.1. The number of aryl methyl sites for hydroxylation is 1. The molecule has 0 radical (unpaired) electrons. The smallest absolute Gasteiger partial charge is 0.277 e. The van der Waals surface area contributed by atoms with Crippen LogP contribution in [0.4, 0.5) is 0 Å². The van der Waals surface area contributed by atoms with Crippen LogP contribution in [0.15, 0.2) is 64.5 Å². The minimum Gasteiger partial charge on any atom is -0.411 e. The topological polar surface area (TPSA) is 73.8 Å². The van der Waals surface area contributed by atoms with E-state index in [2.05, 4.69) is 57.9 Å². The molecule has 4 aromatic rings. The minimum atomic E-state index is 0.0341. The van der Waals surface area contributed by atoms with Gasteiger partial charge in [0.1, 0.15) is 0 Å². The molecule has 0 aliphatic carbocycles. The number of carbonyl (C=O) groups is 1. The standard InChI is InChI=1S/C24H24N4O2S/c1-15(2)18-5-7-20(8-6-18)28-16(3)13-21(17(28)4)22(29)14-31-24-27-26-23(30-24)19-9-11-25-12-10-19/h5-13,15H,14H2,1-4H3. The second-order valence-corrected chi connectivity index (χ2v) is 8.61. The zero-order valence-corrected chi connectivity index (χ0v) is 18.8. The van der Waals surface area contributed by atoms with Gasteiger partial charge in [0.05, 0.1) is 5.75 Å². The highest BCUT2D eigenvalue weighted by atomic mass is 32.2. The van der Waals surface area contributed by atoms with Gasteiger partial charge in [0, 0.05) is 40.6 Å². The SMILES string of the molecule is Cc1cc(C(=O)CSc2nnc(-c3ccncc3)o2)c(C)n1-c1ccc(C(C)C)cc1. The van der Waals surface area contributed by atoms with Crippen LogP contribution in [-0.4, -0.2) is 31.3 Å². The second-order valence-electron chi connectivity index (χ2n) is 7.69. The summed E-state index contributed by atoms with van der Waals surface area (Å²) in [6.45, 7) is 8.36. The number of pyridine rings is 1. The zero-order valence-electron chi connectivity index (χ0n) is 18.0. The van der Waals surface area contributed by atoms with Gasteiger partial charge in [-0.05, 0) is 55.7 Å². The van der Waals surface area contributed by atoms with Gasteiger partial charge >= 0.3 is 0 Å². The van der Waals surface area contributed by atoms with E-state index in [0.29, 0.717) is 22.6 Å². The highest BCUT2D eigenvalue weighted by Crippen LogP contribution is 2.26. The van der Waals surface area contributed by atoms with Gasteiger partial charge in [0.2, 0.25) is 5.89 Å². The van der Waals surface area contributed by atoms with E-state index in [1.54, 1.807) is 24.5 Å². The molecule has 7 heteroatoms. The van der Waals surface area contributed by atoms with Crippen molar-refractivity contribution in [2.24, 2.45) is 0 Å². The van der Waals surface area contributed by atoms with Crippen LogP contribution in [-0.2, 0) is 0 Å². The molecule has 0 atom stereocenters. The number of hydrogen-bond donors (Lipinski definition) is 0. The molecule has 4 rings (SSSR count). The van der Waals surface area contributed by atoms with Gasteiger partial charge in [-0.25, -0.2) is 0 Å². The molecule has 3 aromatic heterocycles. The average molecular weight is 433 g/mol. The van der Waals surface area contributed by atoms with E-state index < -0.39 is 0 Å². The van der Waals surface area contributed by atoms with E-state index in [-0.39, 0.29) is 11.5 Å². The molecule has 0 aliphatic rings. The summed E-state index contributed by atoms with van der Waals surface area (Å²) in [5, 5.41) is 8.47. The monoisotopic (exact) mass is 432 g/mol. The lowest BCUT2D eigenvalue weighted by atomic mass is 10.0. The maximum absolute atomic E-state index is 12.9. The third-order valence-electron chi connectivity index (χ3n) is 5.21. The summed E-state index contributed by atoms with van der Waals surface area (Å²) in [5.41, 5.74) is 5.83. The summed E-state index contributed by atoms with van der Waals surface area (Å²) in [6, 6.07) is 14.1. The zero-order chi connectivity index (χ0) is 22.0. The first-order valence-electron chi connectivity index (χ1n) is 10.1. The summed E-state index contributed by atoms with van der Waals surface area (Å²) in [6.07, 6.45) is 3.34. The Labute approximate surface area is 185 Å². The van der Waals surface area contributed by atoms with Gasteiger partial charge < -0.3 is 8.98 Å². The lowest BCUT2D eigenvalue weighted by molar-refractivity contribution is 0.102. The third-order valence-corrected chi connectivity index (χ3v) is 6.03. The van der Waals surface area contributed by atoms with E-state index in [1.807, 2.05) is 19.9 Å². The maximum Gasteiger partial charge on any atom is 0.277 e. The Morgan fingerprint density at radius 1 is 1.06 bits per heavy atom. The maximum atomic E-state index is 12.9. The van der Waals surface area contributed by atoms with Gasteiger partial charge in [0.25, 0.3) is 5.22 Å². The molecule has 158 valence electrons. The van der Waals surface area contributed by atoms with Gasteiger partial charge in [-0.15, -0.1) is 10.2 Å². The Morgan fingerprint density at radius 2 is 1.77 bits per heavy atom. The molecule has 3 heterocycles. The van der Waals surface area contributed by atoms with Crippen molar-refractivity contribution in [3.8, 4) is 17.1 Å². The second kappa shape index (κ2) is 8.89. The number of benzene rings is 1. The predicted molar refractivity (Wildman–Crippen MR) is 122 cm³/mol. The van der Waals surface area contributed by atoms with Crippen LogP contribution in [0.5, 0.6) is 0 Å². The van der Waals surface area contributed by atoms with E-state index in [9.17, 15) is 4.79 Å². The summed E-state index contributed by atoms with van der Waals surface area (Å²) in [4.78, 5) is 16.9. The van der Waals surface area contributed by atoms with Gasteiger partial charge in [-0.2, -0.15) is 0 Å². The fraction of sp³-hybridized carbons (Fsp3) is 0.250. The van der Waals surface area contributed by atoms with Crippen molar-refractivity contribution in [3.05, 3.63) is 77.4 Å². The number of thioether (sulfide) groups is 1. The van der Waals surface area contributed by atoms with Crippen molar-refractivity contribution in [1.29, 1.82) is 0 Å². The van der Waals surface area contributed by atoms with Crippen molar-refractivity contribution in [2.45, 2.75) is 38.8 Å². The molecule has 0 saturated heterocycles. The third kappa shape index (κ3) is 4.46. The average Bonchev–Trinajstić information content (AvgIpc) is 3.37. The van der Waals surface area contributed by atoms with Crippen LogP contribution in [0.25, 0.3) is 17.1 Å². The molecule has 0 N–H and O–H groups in total. The first-order chi connectivity index (χ1) is 14.9. The Morgan fingerprint density at radius 3 is 2.45 bits per heavy atom. The Kier molecular flexibility index (Phi) is 6.04.